The number of ether oxygens (including phenoxy) is 2. The van der Waals surface area contributed by atoms with Crippen molar-refractivity contribution in [1.29, 1.82) is 0 Å². The lowest BCUT2D eigenvalue weighted by atomic mass is 9.93. The Bertz CT molecular complexity index is 816. The molecule has 2 atom stereocenters. The van der Waals surface area contributed by atoms with Crippen LogP contribution in [0.1, 0.15) is 36.6 Å². The molecule has 0 spiro atoms. The molecule has 25 heavy (non-hydrogen) atoms. The molecule has 1 amide bonds. The van der Waals surface area contributed by atoms with Gasteiger partial charge in [-0.25, -0.2) is 0 Å². The fourth-order valence-corrected chi connectivity index (χ4v) is 3.42. The quantitative estimate of drug-likeness (QED) is 0.846. The van der Waals surface area contributed by atoms with Crippen LogP contribution in [0.2, 0.25) is 5.02 Å². The molecule has 0 aromatic heterocycles. The van der Waals surface area contributed by atoms with Crippen molar-refractivity contribution in [2.75, 3.05) is 0 Å². The Morgan fingerprint density at radius 2 is 1.88 bits per heavy atom. The molecule has 4 nitrogen and oxygen atoms in total. The Balaban J connectivity index is 1.39. The van der Waals surface area contributed by atoms with Crippen molar-refractivity contribution in [2.24, 2.45) is 0 Å². The number of carbonyl (C=O) groups is 1. The average molecular weight is 358 g/mol. The van der Waals surface area contributed by atoms with Gasteiger partial charge in [-0.3, -0.25) is 4.79 Å². The van der Waals surface area contributed by atoms with Gasteiger partial charge >= 0.3 is 0 Å². The van der Waals surface area contributed by atoms with Gasteiger partial charge in [0.15, 0.2) is 0 Å². The third kappa shape index (κ3) is 3.37. The first-order chi connectivity index (χ1) is 11.9. The van der Waals surface area contributed by atoms with Crippen molar-refractivity contribution >= 4 is 17.5 Å². The fourth-order valence-electron chi connectivity index (χ4n) is 3.29. The minimum atomic E-state index is -0.296. The molecule has 2 aromatic rings. The zero-order valence-electron chi connectivity index (χ0n) is 14.2. The standard InChI is InChI=1S/C20H20ClNO3/c1-20(2)19-18(24-19)15-9-13(5-8-16(15)25-20)10-17(23)22-11-12-3-6-14(21)7-4-12/h3-9,18-19H,10-11H2,1-2H3,(H,22,23). The minimum Gasteiger partial charge on any atom is -0.485 e. The summed E-state index contributed by atoms with van der Waals surface area (Å²) in [5.41, 5.74) is 2.74. The molecule has 1 saturated heterocycles. The lowest BCUT2D eigenvalue weighted by Gasteiger charge is -2.29. The molecule has 2 aliphatic rings. The maximum absolute atomic E-state index is 12.2. The van der Waals surface area contributed by atoms with Crippen molar-refractivity contribution in [3.63, 3.8) is 0 Å². The van der Waals surface area contributed by atoms with E-state index in [2.05, 4.69) is 5.32 Å². The number of hydrogen-bond acceptors (Lipinski definition) is 3. The normalized spacial score (nSPS) is 22.4. The molecular formula is C20H20ClNO3. The van der Waals surface area contributed by atoms with Crippen LogP contribution in [0.15, 0.2) is 42.5 Å². The van der Waals surface area contributed by atoms with Gasteiger partial charge in [0.25, 0.3) is 0 Å². The Hall–Kier alpha value is -2.04. The first kappa shape index (κ1) is 16.4. The summed E-state index contributed by atoms with van der Waals surface area (Å²) in [6, 6.07) is 13.4. The summed E-state index contributed by atoms with van der Waals surface area (Å²) in [6.45, 7) is 4.57. The number of hydrogen-bond donors (Lipinski definition) is 1. The number of halogens is 1. The van der Waals surface area contributed by atoms with Crippen LogP contribution in [-0.2, 0) is 22.5 Å². The van der Waals surface area contributed by atoms with Crippen molar-refractivity contribution < 1.29 is 14.3 Å². The van der Waals surface area contributed by atoms with Gasteiger partial charge in [-0.15, -0.1) is 0 Å². The van der Waals surface area contributed by atoms with Crippen molar-refractivity contribution in [3.05, 3.63) is 64.2 Å². The molecule has 0 saturated carbocycles. The number of benzene rings is 2. The van der Waals surface area contributed by atoms with Crippen LogP contribution in [0, 0.1) is 0 Å². The van der Waals surface area contributed by atoms with Crippen molar-refractivity contribution in [2.45, 2.75) is 44.6 Å². The number of nitrogens with one attached hydrogen (secondary N) is 1. The second-order valence-electron chi connectivity index (χ2n) is 7.13. The zero-order valence-corrected chi connectivity index (χ0v) is 15.0. The number of amides is 1. The predicted octanol–water partition coefficient (Wildman–Crippen LogP) is 3.81. The van der Waals surface area contributed by atoms with Crippen LogP contribution in [0.25, 0.3) is 0 Å². The van der Waals surface area contributed by atoms with Gasteiger partial charge in [0.2, 0.25) is 5.91 Å². The highest BCUT2D eigenvalue weighted by molar-refractivity contribution is 6.30. The summed E-state index contributed by atoms with van der Waals surface area (Å²) in [5.74, 6) is 0.842. The fraction of sp³-hybridized carbons (Fsp3) is 0.350. The summed E-state index contributed by atoms with van der Waals surface area (Å²) in [4.78, 5) is 12.2. The molecule has 2 unspecified atom stereocenters. The molecule has 1 N–H and O–H groups in total. The third-order valence-corrected chi connectivity index (χ3v) is 4.95. The lowest BCUT2D eigenvalue weighted by molar-refractivity contribution is -0.120. The Morgan fingerprint density at radius 3 is 2.64 bits per heavy atom. The SMILES string of the molecule is CC1(C)Oc2ccc(CC(=O)NCc3ccc(Cl)cc3)cc2C2OC21. The second kappa shape index (κ2) is 6.04. The molecule has 0 aliphatic carbocycles. The lowest BCUT2D eigenvalue weighted by Crippen LogP contribution is -2.37. The molecule has 0 radical (unpaired) electrons. The molecule has 2 heterocycles. The summed E-state index contributed by atoms with van der Waals surface area (Å²) in [6.07, 6.45) is 0.534. The van der Waals surface area contributed by atoms with Crippen LogP contribution in [-0.4, -0.2) is 17.6 Å². The first-order valence-electron chi connectivity index (χ1n) is 8.41. The van der Waals surface area contributed by atoms with E-state index in [4.69, 9.17) is 21.1 Å². The maximum atomic E-state index is 12.2. The van der Waals surface area contributed by atoms with Crippen LogP contribution < -0.4 is 10.1 Å². The highest BCUT2D eigenvalue weighted by Gasteiger charge is 2.56. The van der Waals surface area contributed by atoms with E-state index >= 15 is 0 Å². The van der Waals surface area contributed by atoms with E-state index in [-0.39, 0.29) is 23.7 Å². The van der Waals surface area contributed by atoms with Crippen LogP contribution in [0.5, 0.6) is 5.75 Å². The maximum Gasteiger partial charge on any atom is 0.224 e. The highest BCUT2D eigenvalue weighted by atomic mass is 35.5. The molecule has 5 heteroatoms. The molecule has 0 bridgehead atoms. The van der Waals surface area contributed by atoms with Gasteiger partial charge in [0.1, 0.15) is 23.6 Å². The Kier molecular flexibility index (Phi) is 3.97. The van der Waals surface area contributed by atoms with Crippen LogP contribution >= 0.6 is 11.6 Å². The smallest absolute Gasteiger partial charge is 0.224 e. The highest BCUT2D eigenvalue weighted by Crippen LogP contribution is 2.53. The Labute approximate surface area is 152 Å². The van der Waals surface area contributed by atoms with Gasteiger partial charge in [0.05, 0.1) is 6.42 Å². The first-order valence-corrected chi connectivity index (χ1v) is 8.79. The predicted molar refractivity (Wildman–Crippen MR) is 95.8 cm³/mol. The molecule has 1 fully saturated rings. The number of fused-ring (bicyclic) bond motifs is 3. The van der Waals surface area contributed by atoms with Crippen LogP contribution in [0.3, 0.4) is 0 Å². The monoisotopic (exact) mass is 357 g/mol. The molecule has 2 aromatic carbocycles. The van der Waals surface area contributed by atoms with E-state index in [1.807, 2.05) is 56.3 Å². The largest absolute Gasteiger partial charge is 0.485 e. The van der Waals surface area contributed by atoms with E-state index < -0.39 is 0 Å². The molecule has 4 rings (SSSR count). The van der Waals surface area contributed by atoms with Gasteiger partial charge in [0, 0.05) is 17.1 Å². The van der Waals surface area contributed by atoms with E-state index in [1.165, 1.54) is 0 Å². The molecule has 2 aliphatic heterocycles. The summed E-state index contributed by atoms with van der Waals surface area (Å²) >= 11 is 5.86. The van der Waals surface area contributed by atoms with E-state index in [9.17, 15) is 4.79 Å². The van der Waals surface area contributed by atoms with Crippen molar-refractivity contribution in [3.8, 4) is 5.75 Å². The minimum absolute atomic E-state index is 0.0137. The number of epoxide rings is 1. The van der Waals surface area contributed by atoms with Crippen LogP contribution in [0.4, 0.5) is 0 Å². The van der Waals surface area contributed by atoms with Crippen molar-refractivity contribution in [1.82, 2.24) is 5.32 Å². The average Bonchev–Trinajstić information content (AvgIpc) is 3.37. The van der Waals surface area contributed by atoms with Gasteiger partial charge < -0.3 is 14.8 Å². The van der Waals surface area contributed by atoms with Gasteiger partial charge in [-0.05, 0) is 49.2 Å². The molecule has 130 valence electrons. The van der Waals surface area contributed by atoms with E-state index in [1.54, 1.807) is 0 Å². The second-order valence-corrected chi connectivity index (χ2v) is 7.57. The zero-order chi connectivity index (χ0) is 17.6. The number of carbonyl (C=O) groups excluding carboxylic acids is 1. The van der Waals surface area contributed by atoms with E-state index in [0.717, 1.165) is 22.4 Å². The summed E-state index contributed by atoms with van der Waals surface area (Å²) < 4.78 is 11.8. The molecular weight excluding hydrogens is 338 g/mol. The topological polar surface area (TPSA) is 50.9 Å². The summed E-state index contributed by atoms with van der Waals surface area (Å²) in [5, 5.41) is 3.63. The Morgan fingerprint density at radius 1 is 1.16 bits per heavy atom. The van der Waals surface area contributed by atoms with E-state index in [0.29, 0.717) is 18.0 Å². The summed E-state index contributed by atoms with van der Waals surface area (Å²) in [7, 11) is 0. The number of rotatable bonds is 4. The third-order valence-electron chi connectivity index (χ3n) is 4.70. The van der Waals surface area contributed by atoms with Gasteiger partial charge in [-0.2, -0.15) is 0 Å². The van der Waals surface area contributed by atoms with Gasteiger partial charge in [-0.1, -0.05) is 29.8 Å².